The molecule has 0 aliphatic heterocycles. The number of benzene rings is 1. The minimum Gasteiger partial charge on any atom is -0.327 e. The summed E-state index contributed by atoms with van der Waals surface area (Å²) < 4.78 is 1.04. The van der Waals surface area contributed by atoms with Crippen LogP contribution in [0.5, 0.6) is 0 Å². The van der Waals surface area contributed by atoms with Gasteiger partial charge >= 0.3 is 0 Å². The van der Waals surface area contributed by atoms with Crippen LogP contribution in [0.3, 0.4) is 0 Å². The molecule has 0 saturated heterocycles. The van der Waals surface area contributed by atoms with Crippen LogP contribution < -0.4 is 5.73 Å². The molecule has 0 aliphatic rings. The number of rotatable bonds is 4. The SMILES string of the molecule is Cc1csc(SC(c2ccccc2Cl)C(C)N)n1. The minimum atomic E-state index is 0.0131. The van der Waals surface area contributed by atoms with Crippen LogP contribution >= 0.6 is 34.7 Å². The van der Waals surface area contributed by atoms with E-state index in [2.05, 4.69) is 4.98 Å². The Kier molecular flexibility index (Phi) is 4.67. The molecule has 0 radical (unpaired) electrons. The van der Waals surface area contributed by atoms with Crippen LogP contribution in [0.4, 0.5) is 0 Å². The predicted molar refractivity (Wildman–Crippen MR) is 80.6 cm³/mol. The van der Waals surface area contributed by atoms with Crippen molar-refractivity contribution in [2.24, 2.45) is 5.73 Å². The zero-order valence-electron chi connectivity index (χ0n) is 10.3. The van der Waals surface area contributed by atoms with Gasteiger partial charge in [0.15, 0.2) is 4.34 Å². The smallest absolute Gasteiger partial charge is 0.150 e. The van der Waals surface area contributed by atoms with E-state index in [1.807, 2.05) is 43.5 Å². The lowest BCUT2D eigenvalue weighted by Gasteiger charge is -2.20. The first-order valence-corrected chi connectivity index (χ1v) is 7.80. The monoisotopic (exact) mass is 298 g/mol. The van der Waals surface area contributed by atoms with Crippen molar-refractivity contribution >= 4 is 34.7 Å². The number of nitrogens with zero attached hydrogens (tertiary/aromatic N) is 1. The van der Waals surface area contributed by atoms with Crippen molar-refractivity contribution in [3.05, 3.63) is 45.9 Å². The first kappa shape index (κ1) is 13.9. The van der Waals surface area contributed by atoms with Gasteiger partial charge in [0.05, 0.1) is 5.25 Å². The third-order valence-corrected chi connectivity index (χ3v) is 5.42. The van der Waals surface area contributed by atoms with E-state index in [1.165, 1.54) is 0 Å². The number of hydrogen-bond donors (Lipinski definition) is 1. The molecule has 2 rings (SSSR count). The van der Waals surface area contributed by atoms with Gasteiger partial charge in [-0.15, -0.1) is 11.3 Å². The first-order valence-electron chi connectivity index (χ1n) is 5.66. The van der Waals surface area contributed by atoms with Gasteiger partial charge in [0.2, 0.25) is 0 Å². The van der Waals surface area contributed by atoms with Gasteiger partial charge in [-0.1, -0.05) is 41.6 Å². The van der Waals surface area contributed by atoms with Gasteiger partial charge in [0.1, 0.15) is 0 Å². The molecular formula is C13H15ClN2S2. The fourth-order valence-electron chi connectivity index (χ4n) is 1.66. The van der Waals surface area contributed by atoms with Crippen molar-refractivity contribution in [2.75, 3.05) is 0 Å². The van der Waals surface area contributed by atoms with E-state index in [-0.39, 0.29) is 11.3 Å². The molecule has 2 unspecified atom stereocenters. The lowest BCUT2D eigenvalue weighted by Crippen LogP contribution is -2.22. The van der Waals surface area contributed by atoms with E-state index in [0.29, 0.717) is 0 Å². The highest BCUT2D eigenvalue weighted by molar-refractivity contribution is 8.01. The van der Waals surface area contributed by atoms with E-state index in [4.69, 9.17) is 17.3 Å². The number of halogens is 1. The molecule has 2 aromatic rings. The molecule has 2 atom stereocenters. The lowest BCUT2D eigenvalue weighted by atomic mass is 10.1. The summed E-state index contributed by atoms with van der Waals surface area (Å²) in [7, 11) is 0. The molecule has 0 aliphatic carbocycles. The van der Waals surface area contributed by atoms with E-state index < -0.39 is 0 Å². The summed E-state index contributed by atoms with van der Waals surface area (Å²) >= 11 is 9.58. The number of hydrogen-bond acceptors (Lipinski definition) is 4. The van der Waals surface area contributed by atoms with Gasteiger partial charge in [0, 0.05) is 22.1 Å². The normalized spacial score (nSPS) is 14.4. The van der Waals surface area contributed by atoms with Crippen molar-refractivity contribution in [1.29, 1.82) is 0 Å². The van der Waals surface area contributed by atoms with Crippen molar-refractivity contribution in [3.8, 4) is 0 Å². The Morgan fingerprint density at radius 2 is 2.11 bits per heavy atom. The quantitative estimate of drug-likeness (QED) is 0.856. The van der Waals surface area contributed by atoms with Crippen molar-refractivity contribution in [2.45, 2.75) is 29.5 Å². The lowest BCUT2D eigenvalue weighted by molar-refractivity contribution is 0.721. The van der Waals surface area contributed by atoms with E-state index in [0.717, 1.165) is 20.6 Å². The zero-order chi connectivity index (χ0) is 13.1. The Bertz CT molecular complexity index is 525. The second-order valence-corrected chi connectivity index (χ2v) is 6.83. The third kappa shape index (κ3) is 3.26. The van der Waals surface area contributed by atoms with Crippen LogP contribution in [0.1, 0.15) is 23.4 Å². The Morgan fingerprint density at radius 3 is 2.67 bits per heavy atom. The van der Waals surface area contributed by atoms with Gasteiger partial charge in [-0.25, -0.2) is 4.98 Å². The molecular weight excluding hydrogens is 284 g/mol. The largest absolute Gasteiger partial charge is 0.327 e. The van der Waals surface area contributed by atoms with Gasteiger partial charge < -0.3 is 5.73 Å². The van der Waals surface area contributed by atoms with Crippen molar-refractivity contribution in [1.82, 2.24) is 4.98 Å². The summed E-state index contributed by atoms with van der Waals surface area (Å²) in [5, 5.41) is 2.94. The first-order chi connectivity index (χ1) is 8.58. The Hall–Kier alpha value is -0.550. The van der Waals surface area contributed by atoms with Gasteiger partial charge in [0.25, 0.3) is 0 Å². The third-order valence-electron chi connectivity index (χ3n) is 2.52. The molecule has 0 amide bonds. The molecule has 0 bridgehead atoms. The molecule has 1 aromatic carbocycles. The number of aryl methyl sites for hydroxylation is 1. The number of aromatic nitrogens is 1. The number of thiazole rings is 1. The second kappa shape index (κ2) is 6.06. The highest BCUT2D eigenvalue weighted by atomic mass is 35.5. The van der Waals surface area contributed by atoms with Crippen LogP contribution in [0.15, 0.2) is 34.0 Å². The number of thioether (sulfide) groups is 1. The molecule has 1 aromatic heterocycles. The predicted octanol–water partition coefficient (Wildman–Crippen LogP) is 4.29. The summed E-state index contributed by atoms with van der Waals surface area (Å²) in [5.74, 6) is 0. The van der Waals surface area contributed by atoms with Crippen LogP contribution in [0.2, 0.25) is 5.02 Å². The average Bonchev–Trinajstić information content (AvgIpc) is 2.73. The molecule has 0 fully saturated rings. The molecule has 5 heteroatoms. The molecule has 0 spiro atoms. The van der Waals surface area contributed by atoms with Gasteiger partial charge in [-0.3, -0.25) is 0 Å². The summed E-state index contributed by atoms with van der Waals surface area (Å²) in [6.07, 6.45) is 0. The van der Waals surface area contributed by atoms with Gasteiger partial charge in [-0.2, -0.15) is 0 Å². The van der Waals surface area contributed by atoms with Crippen LogP contribution in [-0.4, -0.2) is 11.0 Å². The Morgan fingerprint density at radius 1 is 1.39 bits per heavy atom. The molecule has 2 N–H and O–H groups in total. The van der Waals surface area contributed by atoms with E-state index in [1.54, 1.807) is 23.1 Å². The van der Waals surface area contributed by atoms with E-state index in [9.17, 15) is 0 Å². The Balaban J connectivity index is 2.27. The molecule has 96 valence electrons. The zero-order valence-corrected chi connectivity index (χ0v) is 12.6. The topological polar surface area (TPSA) is 38.9 Å². The van der Waals surface area contributed by atoms with Crippen LogP contribution in [0, 0.1) is 6.92 Å². The maximum Gasteiger partial charge on any atom is 0.150 e. The number of nitrogens with two attached hydrogens (primary N) is 1. The average molecular weight is 299 g/mol. The van der Waals surface area contributed by atoms with Crippen molar-refractivity contribution in [3.63, 3.8) is 0 Å². The molecule has 2 nitrogen and oxygen atoms in total. The minimum absolute atomic E-state index is 0.0131. The maximum absolute atomic E-state index is 6.25. The van der Waals surface area contributed by atoms with Crippen LogP contribution in [-0.2, 0) is 0 Å². The maximum atomic E-state index is 6.25. The summed E-state index contributed by atoms with van der Waals surface area (Å²) in [6.45, 7) is 4.00. The summed E-state index contributed by atoms with van der Waals surface area (Å²) in [4.78, 5) is 4.47. The van der Waals surface area contributed by atoms with Gasteiger partial charge in [-0.05, 0) is 25.5 Å². The fraction of sp³-hybridized carbons (Fsp3) is 0.308. The van der Waals surface area contributed by atoms with Crippen LogP contribution in [0.25, 0.3) is 0 Å². The molecule has 18 heavy (non-hydrogen) atoms. The van der Waals surface area contributed by atoms with E-state index >= 15 is 0 Å². The standard InChI is InChI=1S/C13H15ClN2S2/c1-8-7-17-13(16-8)18-12(9(2)15)10-5-3-4-6-11(10)14/h3-7,9,12H,15H2,1-2H3. The summed E-state index contributed by atoms with van der Waals surface area (Å²) in [5.41, 5.74) is 8.21. The highest BCUT2D eigenvalue weighted by Gasteiger charge is 2.21. The molecule has 0 saturated carbocycles. The fourth-order valence-corrected chi connectivity index (χ4v) is 4.13. The summed E-state index contributed by atoms with van der Waals surface area (Å²) in [6, 6.07) is 7.87. The highest BCUT2D eigenvalue weighted by Crippen LogP contribution is 2.40. The second-order valence-electron chi connectivity index (χ2n) is 4.17. The Labute approximate surface area is 121 Å². The van der Waals surface area contributed by atoms with Crippen molar-refractivity contribution < 1.29 is 0 Å². The molecule has 1 heterocycles.